The van der Waals surface area contributed by atoms with Gasteiger partial charge in [-0.3, -0.25) is 4.79 Å². The molecule has 4 aliphatic rings. The smallest absolute Gasteiger partial charge is 0.317 e. The summed E-state index contributed by atoms with van der Waals surface area (Å²) >= 11 is 0. The number of hydrogen-bond acceptors (Lipinski definition) is 3. The maximum Gasteiger partial charge on any atom is 0.317 e. The molecule has 3 nitrogen and oxygen atoms in total. The highest BCUT2D eigenvalue weighted by Gasteiger charge is 2.55. The van der Waals surface area contributed by atoms with Crippen molar-refractivity contribution in [2.75, 3.05) is 19.0 Å². The molecule has 0 atom stereocenters. The molecule has 3 heteroatoms. The van der Waals surface area contributed by atoms with Crippen LogP contribution in [0.4, 0.5) is 5.69 Å². The lowest BCUT2D eigenvalue weighted by Crippen LogP contribution is -2.51. The summed E-state index contributed by atoms with van der Waals surface area (Å²) in [6.45, 7) is 0. The molecule has 0 unspecified atom stereocenters. The van der Waals surface area contributed by atoms with Gasteiger partial charge < -0.3 is 9.64 Å². The Morgan fingerprint density at radius 2 is 1.50 bits per heavy atom. The summed E-state index contributed by atoms with van der Waals surface area (Å²) in [6.07, 6.45) is 7.24. The van der Waals surface area contributed by atoms with Crippen LogP contribution in [0.1, 0.15) is 38.5 Å². The second-order valence-electron chi connectivity index (χ2n) is 7.98. The maximum atomic E-state index is 12.9. The predicted molar refractivity (Wildman–Crippen MR) is 87.0 cm³/mol. The van der Waals surface area contributed by atoms with Gasteiger partial charge in [0.1, 0.15) is 5.75 Å². The van der Waals surface area contributed by atoms with E-state index in [1.54, 1.807) is 0 Å². The van der Waals surface area contributed by atoms with E-state index in [0.29, 0.717) is 5.75 Å². The van der Waals surface area contributed by atoms with E-state index in [4.69, 9.17) is 4.74 Å². The van der Waals surface area contributed by atoms with Crippen LogP contribution in [0.15, 0.2) is 24.3 Å². The van der Waals surface area contributed by atoms with E-state index in [9.17, 15) is 4.79 Å². The Kier molecular flexibility index (Phi) is 3.21. The average Bonchev–Trinajstić information content (AvgIpc) is 2.46. The van der Waals surface area contributed by atoms with Crippen molar-refractivity contribution >= 4 is 11.7 Å². The van der Waals surface area contributed by atoms with Crippen LogP contribution in [0.2, 0.25) is 0 Å². The topological polar surface area (TPSA) is 29.5 Å². The van der Waals surface area contributed by atoms with E-state index in [1.807, 2.05) is 43.3 Å². The summed E-state index contributed by atoms with van der Waals surface area (Å²) in [4.78, 5) is 14.9. The molecule has 22 heavy (non-hydrogen) atoms. The molecular weight excluding hydrogens is 274 g/mol. The molecule has 0 heterocycles. The van der Waals surface area contributed by atoms with Gasteiger partial charge in [0.2, 0.25) is 0 Å². The number of esters is 1. The standard InChI is InChI=1S/C19H25NO2/c1-20(2)16-3-5-17(6-4-16)22-18(21)19-10-13-7-14(11-19)9-15(8-13)12-19/h3-6,13-15H,7-12H2,1-2H3. The minimum absolute atomic E-state index is 0.0317. The lowest BCUT2D eigenvalue weighted by molar-refractivity contribution is -0.161. The first kappa shape index (κ1) is 14.1. The summed E-state index contributed by atoms with van der Waals surface area (Å²) in [7, 11) is 4.02. The molecule has 4 aliphatic carbocycles. The van der Waals surface area contributed by atoms with Crippen LogP contribution in [0.5, 0.6) is 5.75 Å². The van der Waals surface area contributed by atoms with Crippen LogP contribution in [-0.4, -0.2) is 20.1 Å². The monoisotopic (exact) mass is 299 g/mol. The van der Waals surface area contributed by atoms with Gasteiger partial charge in [-0.15, -0.1) is 0 Å². The van der Waals surface area contributed by atoms with E-state index < -0.39 is 0 Å². The Labute approximate surface area is 132 Å². The van der Waals surface area contributed by atoms with E-state index in [1.165, 1.54) is 19.3 Å². The summed E-state index contributed by atoms with van der Waals surface area (Å²) in [5.74, 6) is 3.04. The van der Waals surface area contributed by atoms with E-state index >= 15 is 0 Å². The van der Waals surface area contributed by atoms with E-state index in [2.05, 4.69) is 0 Å². The lowest BCUT2D eigenvalue weighted by atomic mass is 9.49. The van der Waals surface area contributed by atoms with Crippen molar-refractivity contribution < 1.29 is 9.53 Å². The molecule has 0 amide bonds. The van der Waals surface area contributed by atoms with Crippen LogP contribution in [0, 0.1) is 23.2 Å². The highest BCUT2D eigenvalue weighted by molar-refractivity contribution is 5.80. The number of rotatable bonds is 3. The zero-order valence-electron chi connectivity index (χ0n) is 13.5. The van der Waals surface area contributed by atoms with Crippen LogP contribution in [0.3, 0.4) is 0 Å². The molecule has 0 spiro atoms. The quantitative estimate of drug-likeness (QED) is 0.627. The molecule has 4 saturated carbocycles. The zero-order chi connectivity index (χ0) is 15.3. The molecule has 118 valence electrons. The first-order chi connectivity index (χ1) is 10.5. The SMILES string of the molecule is CN(C)c1ccc(OC(=O)C23CC4CC(CC(C4)C2)C3)cc1. The third-order valence-corrected chi connectivity index (χ3v) is 6.03. The van der Waals surface area contributed by atoms with Crippen LogP contribution in [-0.2, 0) is 4.79 Å². The summed E-state index contributed by atoms with van der Waals surface area (Å²) in [5.41, 5.74) is 0.948. The normalized spacial score (nSPS) is 35.5. The fraction of sp³-hybridized carbons (Fsp3) is 0.632. The van der Waals surface area contributed by atoms with Crippen LogP contribution in [0.25, 0.3) is 0 Å². The van der Waals surface area contributed by atoms with Crippen molar-refractivity contribution in [3.63, 3.8) is 0 Å². The number of carbonyl (C=O) groups is 1. The van der Waals surface area contributed by atoms with Gasteiger partial charge in [0.15, 0.2) is 0 Å². The Bertz CT molecular complexity index is 540. The Hall–Kier alpha value is -1.51. The highest BCUT2D eigenvalue weighted by atomic mass is 16.5. The second kappa shape index (κ2) is 5.00. The van der Waals surface area contributed by atoms with Crippen molar-refractivity contribution in [2.45, 2.75) is 38.5 Å². The van der Waals surface area contributed by atoms with Crippen LogP contribution < -0.4 is 9.64 Å². The number of carbonyl (C=O) groups excluding carboxylic acids is 1. The summed E-state index contributed by atoms with van der Waals surface area (Å²) in [6, 6.07) is 7.83. The predicted octanol–water partition coefficient (Wildman–Crippen LogP) is 3.87. The third-order valence-electron chi connectivity index (χ3n) is 6.03. The Balaban J connectivity index is 1.50. The lowest BCUT2D eigenvalue weighted by Gasteiger charge is -2.55. The van der Waals surface area contributed by atoms with Gasteiger partial charge in [-0.25, -0.2) is 0 Å². The number of nitrogens with zero attached hydrogens (tertiary/aromatic N) is 1. The number of benzene rings is 1. The van der Waals surface area contributed by atoms with Crippen LogP contribution >= 0.6 is 0 Å². The minimum Gasteiger partial charge on any atom is -0.426 e. The minimum atomic E-state index is -0.172. The fourth-order valence-corrected chi connectivity index (χ4v) is 5.39. The van der Waals surface area contributed by atoms with Gasteiger partial charge in [0.25, 0.3) is 0 Å². The van der Waals surface area contributed by atoms with Gasteiger partial charge in [-0.05, 0) is 80.5 Å². The molecular formula is C19H25NO2. The van der Waals surface area contributed by atoms with Crippen molar-refractivity contribution in [3.8, 4) is 5.75 Å². The Morgan fingerprint density at radius 3 is 1.95 bits per heavy atom. The summed E-state index contributed by atoms with van der Waals surface area (Å²) < 4.78 is 5.78. The zero-order valence-corrected chi connectivity index (χ0v) is 13.5. The second-order valence-corrected chi connectivity index (χ2v) is 7.98. The van der Waals surface area contributed by atoms with Gasteiger partial charge >= 0.3 is 5.97 Å². The number of anilines is 1. The summed E-state index contributed by atoms with van der Waals surface area (Å²) in [5, 5.41) is 0. The Morgan fingerprint density at radius 1 is 1.00 bits per heavy atom. The van der Waals surface area contributed by atoms with E-state index in [-0.39, 0.29) is 11.4 Å². The fourth-order valence-electron chi connectivity index (χ4n) is 5.39. The first-order valence-corrected chi connectivity index (χ1v) is 8.54. The number of ether oxygens (including phenoxy) is 1. The van der Waals surface area contributed by atoms with Gasteiger partial charge in [-0.2, -0.15) is 0 Å². The van der Waals surface area contributed by atoms with Crippen molar-refractivity contribution in [2.24, 2.45) is 23.2 Å². The molecule has 0 radical (unpaired) electrons. The van der Waals surface area contributed by atoms with Gasteiger partial charge in [0.05, 0.1) is 5.41 Å². The van der Waals surface area contributed by atoms with Gasteiger partial charge in [0, 0.05) is 19.8 Å². The van der Waals surface area contributed by atoms with Crippen molar-refractivity contribution in [3.05, 3.63) is 24.3 Å². The van der Waals surface area contributed by atoms with Crippen molar-refractivity contribution in [1.29, 1.82) is 0 Å². The largest absolute Gasteiger partial charge is 0.426 e. The molecule has 4 bridgehead atoms. The molecule has 1 aromatic rings. The molecule has 0 N–H and O–H groups in total. The first-order valence-electron chi connectivity index (χ1n) is 8.54. The van der Waals surface area contributed by atoms with Gasteiger partial charge in [-0.1, -0.05) is 0 Å². The highest BCUT2D eigenvalue weighted by Crippen LogP contribution is 2.60. The third kappa shape index (κ3) is 2.31. The average molecular weight is 299 g/mol. The molecule has 1 aromatic carbocycles. The molecule has 0 saturated heterocycles. The number of hydrogen-bond donors (Lipinski definition) is 0. The van der Waals surface area contributed by atoms with E-state index in [0.717, 1.165) is 42.7 Å². The molecule has 4 fully saturated rings. The van der Waals surface area contributed by atoms with Crippen molar-refractivity contribution in [1.82, 2.24) is 0 Å². The maximum absolute atomic E-state index is 12.9. The molecule has 0 aromatic heterocycles. The molecule has 0 aliphatic heterocycles. The molecule has 5 rings (SSSR count).